The Morgan fingerprint density at radius 2 is 1.71 bits per heavy atom. The molecule has 6 heteroatoms. The summed E-state index contributed by atoms with van der Waals surface area (Å²) < 4.78 is 2.13. The molecular weight excluding hydrogens is 429 g/mol. The second-order valence-electron chi connectivity index (χ2n) is 7.84. The maximum atomic E-state index is 12.9. The van der Waals surface area contributed by atoms with E-state index in [1.807, 2.05) is 66.7 Å². The lowest BCUT2D eigenvalue weighted by molar-refractivity contribution is 0.0922. The Kier molecular flexibility index (Phi) is 6.30. The molecule has 4 rings (SSSR count). The number of rotatable bonds is 6. The van der Waals surface area contributed by atoms with Gasteiger partial charge in [-0.05, 0) is 47.9 Å². The fourth-order valence-corrected chi connectivity index (χ4v) is 4.13. The largest absolute Gasteiger partial charge is 0.342 e. The van der Waals surface area contributed by atoms with Crippen LogP contribution in [0.4, 0.5) is 0 Å². The maximum absolute atomic E-state index is 12.9. The lowest BCUT2D eigenvalue weighted by atomic mass is 10.0. The first-order valence-electron chi connectivity index (χ1n) is 10.2. The minimum Gasteiger partial charge on any atom is -0.342 e. The van der Waals surface area contributed by atoms with Gasteiger partial charge in [-0.3, -0.25) is 4.79 Å². The Bertz CT molecular complexity index is 1220. The number of carbonyl (C=O) groups is 1. The molecule has 3 aromatic carbocycles. The average Bonchev–Trinajstić information content (AvgIpc) is 3.12. The van der Waals surface area contributed by atoms with Gasteiger partial charge in [0.1, 0.15) is 5.82 Å². The van der Waals surface area contributed by atoms with Gasteiger partial charge in [0.05, 0.1) is 23.6 Å². The summed E-state index contributed by atoms with van der Waals surface area (Å²) in [6.07, 6.45) is 0. The number of carbonyl (C=O) groups excluding carboxylic acids is 1. The molecule has 1 amide bonds. The molecule has 1 heterocycles. The zero-order valence-electron chi connectivity index (χ0n) is 17.3. The smallest absolute Gasteiger partial charge is 0.251 e. The molecule has 0 radical (unpaired) electrons. The molecule has 1 unspecified atom stereocenters. The van der Waals surface area contributed by atoms with Crippen molar-refractivity contribution in [3.05, 3.63) is 99.8 Å². The summed E-state index contributed by atoms with van der Waals surface area (Å²) in [6, 6.07) is 22.4. The zero-order chi connectivity index (χ0) is 22.0. The molecule has 0 aliphatic carbocycles. The van der Waals surface area contributed by atoms with Crippen LogP contribution in [0.3, 0.4) is 0 Å². The third-order valence-electron chi connectivity index (χ3n) is 5.30. The normalized spacial score (nSPS) is 12.3. The van der Waals surface area contributed by atoms with Crippen molar-refractivity contribution >= 4 is 40.1 Å². The van der Waals surface area contributed by atoms with E-state index in [9.17, 15) is 4.79 Å². The van der Waals surface area contributed by atoms with E-state index in [0.29, 0.717) is 22.2 Å². The molecule has 1 N–H and O–H groups in total. The molecule has 1 aromatic heterocycles. The van der Waals surface area contributed by atoms with Crippen molar-refractivity contribution in [3.8, 4) is 0 Å². The van der Waals surface area contributed by atoms with Crippen LogP contribution in [0.2, 0.25) is 10.0 Å². The van der Waals surface area contributed by atoms with E-state index >= 15 is 0 Å². The number of para-hydroxylation sites is 2. The highest BCUT2D eigenvalue weighted by molar-refractivity contribution is 6.35. The molecule has 0 bridgehead atoms. The highest BCUT2D eigenvalue weighted by atomic mass is 35.5. The molecule has 0 aliphatic heterocycles. The summed E-state index contributed by atoms with van der Waals surface area (Å²) >= 11 is 12.6. The second kappa shape index (κ2) is 9.13. The number of fused-ring (bicyclic) bond motifs is 1. The van der Waals surface area contributed by atoms with Crippen LogP contribution in [0.15, 0.2) is 72.8 Å². The van der Waals surface area contributed by atoms with E-state index < -0.39 is 0 Å². The van der Waals surface area contributed by atoms with Crippen LogP contribution in [-0.2, 0) is 6.54 Å². The Morgan fingerprint density at radius 1 is 1.00 bits per heavy atom. The van der Waals surface area contributed by atoms with Crippen LogP contribution in [0.1, 0.15) is 41.6 Å². The minimum absolute atomic E-state index is 0.123. The number of nitrogens with one attached hydrogen (secondary N) is 1. The van der Waals surface area contributed by atoms with E-state index in [-0.39, 0.29) is 17.9 Å². The van der Waals surface area contributed by atoms with Crippen molar-refractivity contribution in [2.24, 2.45) is 5.92 Å². The number of hydrogen-bond donors (Lipinski definition) is 1. The Morgan fingerprint density at radius 3 is 2.42 bits per heavy atom. The SMILES string of the molecule is CC(C)C(NC(=O)c1ccccc1)c1nc2ccccc2n1Cc1ccc(Cl)cc1Cl. The van der Waals surface area contributed by atoms with Crippen molar-refractivity contribution in [1.82, 2.24) is 14.9 Å². The monoisotopic (exact) mass is 451 g/mol. The number of amides is 1. The topological polar surface area (TPSA) is 46.9 Å². The van der Waals surface area contributed by atoms with E-state index in [1.165, 1.54) is 0 Å². The molecule has 1 atom stereocenters. The van der Waals surface area contributed by atoms with E-state index in [0.717, 1.165) is 22.4 Å². The fraction of sp³-hybridized carbons (Fsp3) is 0.200. The van der Waals surface area contributed by atoms with Crippen LogP contribution < -0.4 is 5.32 Å². The molecule has 4 aromatic rings. The molecule has 0 aliphatic rings. The summed E-state index contributed by atoms with van der Waals surface area (Å²) in [5, 5.41) is 4.38. The molecule has 0 saturated carbocycles. The van der Waals surface area contributed by atoms with Gasteiger partial charge in [-0.2, -0.15) is 0 Å². The molecule has 0 fully saturated rings. The third-order valence-corrected chi connectivity index (χ3v) is 5.88. The van der Waals surface area contributed by atoms with Gasteiger partial charge in [-0.15, -0.1) is 0 Å². The predicted molar refractivity (Wildman–Crippen MR) is 127 cm³/mol. The maximum Gasteiger partial charge on any atom is 0.251 e. The van der Waals surface area contributed by atoms with Gasteiger partial charge in [0, 0.05) is 15.6 Å². The van der Waals surface area contributed by atoms with Crippen LogP contribution in [0, 0.1) is 5.92 Å². The van der Waals surface area contributed by atoms with Gasteiger partial charge < -0.3 is 9.88 Å². The molecule has 4 nitrogen and oxygen atoms in total. The Labute approximate surface area is 191 Å². The van der Waals surface area contributed by atoms with Crippen molar-refractivity contribution in [2.75, 3.05) is 0 Å². The average molecular weight is 452 g/mol. The van der Waals surface area contributed by atoms with Gasteiger partial charge in [0.25, 0.3) is 5.91 Å². The summed E-state index contributed by atoms with van der Waals surface area (Å²) in [4.78, 5) is 17.8. The minimum atomic E-state index is -0.272. The van der Waals surface area contributed by atoms with Gasteiger partial charge >= 0.3 is 0 Å². The van der Waals surface area contributed by atoms with Crippen LogP contribution in [0.5, 0.6) is 0 Å². The van der Waals surface area contributed by atoms with Crippen LogP contribution in [-0.4, -0.2) is 15.5 Å². The highest BCUT2D eigenvalue weighted by Crippen LogP contribution is 2.29. The van der Waals surface area contributed by atoms with E-state index in [4.69, 9.17) is 28.2 Å². The standard InChI is InChI=1S/C25H23Cl2N3O/c1-16(2)23(29-25(31)17-8-4-3-5-9-17)24-28-21-10-6-7-11-22(21)30(24)15-18-12-13-19(26)14-20(18)27/h3-14,16,23H,15H2,1-2H3,(H,29,31). The number of halogens is 2. The summed E-state index contributed by atoms with van der Waals surface area (Å²) in [5.74, 6) is 0.804. The van der Waals surface area contributed by atoms with Crippen LogP contribution >= 0.6 is 23.2 Å². The number of aromatic nitrogens is 2. The van der Waals surface area contributed by atoms with Gasteiger partial charge in [0.2, 0.25) is 0 Å². The molecule has 31 heavy (non-hydrogen) atoms. The molecule has 158 valence electrons. The number of hydrogen-bond acceptors (Lipinski definition) is 2. The lowest BCUT2D eigenvalue weighted by Gasteiger charge is -2.23. The van der Waals surface area contributed by atoms with Crippen molar-refractivity contribution in [2.45, 2.75) is 26.4 Å². The number of nitrogens with zero attached hydrogens (tertiary/aromatic N) is 2. The highest BCUT2D eigenvalue weighted by Gasteiger charge is 2.26. The van der Waals surface area contributed by atoms with Crippen LogP contribution in [0.25, 0.3) is 11.0 Å². The van der Waals surface area contributed by atoms with Crippen molar-refractivity contribution in [1.29, 1.82) is 0 Å². The first-order valence-corrected chi connectivity index (χ1v) is 10.9. The lowest BCUT2D eigenvalue weighted by Crippen LogP contribution is -2.33. The van der Waals surface area contributed by atoms with Gasteiger partial charge in [-0.25, -0.2) is 4.98 Å². The fourth-order valence-electron chi connectivity index (χ4n) is 3.66. The first-order chi connectivity index (χ1) is 14.9. The van der Waals surface area contributed by atoms with E-state index in [2.05, 4.69) is 23.7 Å². The Hall–Kier alpha value is -2.82. The first kappa shape index (κ1) is 21.4. The van der Waals surface area contributed by atoms with Crippen molar-refractivity contribution in [3.63, 3.8) is 0 Å². The number of imidazole rings is 1. The predicted octanol–water partition coefficient (Wildman–Crippen LogP) is 6.52. The third kappa shape index (κ3) is 4.60. The van der Waals surface area contributed by atoms with Crippen molar-refractivity contribution < 1.29 is 4.79 Å². The van der Waals surface area contributed by atoms with Gasteiger partial charge in [0.15, 0.2) is 0 Å². The molecular formula is C25H23Cl2N3O. The summed E-state index contributed by atoms with van der Waals surface area (Å²) in [5.41, 5.74) is 3.43. The second-order valence-corrected chi connectivity index (χ2v) is 8.69. The van der Waals surface area contributed by atoms with E-state index in [1.54, 1.807) is 6.07 Å². The Balaban J connectivity index is 1.77. The zero-order valence-corrected chi connectivity index (χ0v) is 18.9. The quantitative estimate of drug-likeness (QED) is 0.362. The summed E-state index contributed by atoms with van der Waals surface area (Å²) in [7, 11) is 0. The number of benzene rings is 3. The molecule has 0 saturated heterocycles. The molecule has 0 spiro atoms. The van der Waals surface area contributed by atoms with Gasteiger partial charge in [-0.1, -0.05) is 73.4 Å². The summed E-state index contributed by atoms with van der Waals surface area (Å²) in [6.45, 7) is 4.68.